The Morgan fingerprint density at radius 1 is 1.29 bits per heavy atom. The van der Waals surface area contributed by atoms with Gasteiger partial charge in [-0.25, -0.2) is 0 Å². The zero-order chi connectivity index (χ0) is 10.6. The Hall–Kier alpha value is -1.38. The van der Waals surface area contributed by atoms with E-state index in [1.165, 1.54) is 0 Å². The Morgan fingerprint density at radius 3 is 2.29 bits per heavy atom. The Kier molecular flexibility index (Phi) is 3.23. The van der Waals surface area contributed by atoms with Gasteiger partial charge in [0.2, 0.25) is 0 Å². The number of aromatic nitrogens is 1. The summed E-state index contributed by atoms with van der Waals surface area (Å²) in [6.07, 6.45) is 3.51. The summed E-state index contributed by atoms with van der Waals surface area (Å²) in [7, 11) is 1.56. The molecule has 0 amide bonds. The van der Waals surface area contributed by atoms with E-state index in [9.17, 15) is 0 Å². The minimum atomic E-state index is -0.0304. The second-order valence-corrected chi connectivity index (χ2v) is 4.11. The smallest absolute Gasteiger partial charge is 0.106 e. The standard InChI is InChI=1S/C11H16N2O/c1-11(2,3)10(13-14-4)9-5-7-12-8-6-9/h5-8H,1-4H3/b13-10+. The van der Waals surface area contributed by atoms with Crippen LogP contribution < -0.4 is 0 Å². The Morgan fingerprint density at radius 2 is 1.86 bits per heavy atom. The second kappa shape index (κ2) is 4.22. The lowest BCUT2D eigenvalue weighted by molar-refractivity contribution is 0.209. The van der Waals surface area contributed by atoms with Crippen molar-refractivity contribution in [3.8, 4) is 0 Å². The van der Waals surface area contributed by atoms with Gasteiger partial charge in [0.15, 0.2) is 0 Å². The van der Waals surface area contributed by atoms with Crippen molar-refractivity contribution in [2.45, 2.75) is 20.8 Å². The molecule has 0 aliphatic heterocycles. The fraction of sp³-hybridized carbons (Fsp3) is 0.455. The van der Waals surface area contributed by atoms with Crippen molar-refractivity contribution in [3.05, 3.63) is 30.1 Å². The molecule has 1 heterocycles. The van der Waals surface area contributed by atoms with Gasteiger partial charge in [-0.2, -0.15) is 0 Å². The molecule has 0 aliphatic rings. The summed E-state index contributed by atoms with van der Waals surface area (Å²) in [5, 5.41) is 4.05. The molecule has 76 valence electrons. The first-order chi connectivity index (χ1) is 6.55. The molecule has 1 aromatic heterocycles. The van der Waals surface area contributed by atoms with Gasteiger partial charge in [0.05, 0.1) is 5.71 Å². The molecule has 0 N–H and O–H groups in total. The van der Waals surface area contributed by atoms with Crippen LogP contribution in [-0.4, -0.2) is 17.8 Å². The first kappa shape index (κ1) is 10.7. The second-order valence-electron chi connectivity index (χ2n) is 4.11. The summed E-state index contributed by atoms with van der Waals surface area (Å²) in [5.74, 6) is 0. The molecule has 1 rings (SSSR count). The summed E-state index contributed by atoms with van der Waals surface area (Å²) in [4.78, 5) is 8.83. The number of hydrogen-bond donors (Lipinski definition) is 0. The van der Waals surface area contributed by atoms with Crippen molar-refractivity contribution >= 4 is 5.71 Å². The number of pyridine rings is 1. The highest BCUT2D eigenvalue weighted by Gasteiger charge is 2.21. The monoisotopic (exact) mass is 192 g/mol. The zero-order valence-electron chi connectivity index (χ0n) is 9.11. The molecule has 1 aromatic rings. The minimum absolute atomic E-state index is 0.0304. The summed E-state index contributed by atoms with van der Waals surface area (Å²) in [6, 6.07) is 3.87. The largest absolute Gasteiger partial charge is 0.399 e. The highest BCUT2D eigenvalue weighted by Crippen LogP contribution is 2.21. The quantitative estimate of drug-likeness (QED) is 0.533. The van der Waals surface area contributed by atoms with Crippen molar-refractivity contribution < 1.29 is 4.84 Å². The molecule has 3 nitrogen and oxygen atoms in total. The molecule has 0 atom stereocenters. The molecular weight excluding hydrogens is 176 g/mol. The van der Waals surface area contributed by atoms with Crippen LogP contribution in [0.5, 0.6) is 0 Å². The van der Waals surface area contributed by atoms with Crippen LogP contribution in [0.4, 0.5) is 0 Å². The molecule has 0 bridgehead atoms. The van der Waals surface area contributed by atoms with Crippen molar-refractivity contribution in [1.29, 1.82) is 0 Å². The molecule has 0 radical (unpaired) electrons. The van der Waals surface area contributed by atoms with E-state index in [0.29, 0.717) is 0 Å². The van der Waals surface area contributed by atoms with Crippen LogP contribution in [0.3, 0.4) is 0 Å². The first-order valence-corrected chi connectivity index (χ1v) is 4.57. The summed E-state index contributed by atoms with van der Waals surface area (Å²) in [6.45, 7) is 6.31. The molecule has 0 aromatic carbocycles. The van der Waals surface area contributed by atoms with Crippen molar-refractivity contribution in [3.63, 3.8) is 0 Å². The molecule has 3 heteroatoms. The third-order valence-corrected chi connectivity index (χ3v) is 1.85. The van der Waals surface area contributed by atoms with Gasteiger partial charge in [-0.3, -0.25) is 4.98 Å². The first-order valence-electron chi connectivity index (χ1n) is 4.57. The fourth-order valence-corrected chi connectivity index (χ4v) is 1.22. The van der Waals surface area contributed by atoms with E-state index in [2.05, 4.69) is 30.9 Å². The Bertz CT molecular complexity index is 312. The van der Waals surface area contributed by atoms with Crippen molar-refractivity contribution in [2.24, 2.45) is 10.6 Å². The lowest BCUT2D eigenvalue weighted by Crippen LogP contribution is -2.21. The van der Waals surface area contributed by atoms with Gasteiger partial charge in [-0.05, 0) is 12.1 Å². The number of rotatable bonds is 2. The lowest BCUT2D eigenvalue weighted by Gasteiger charge is -2.20. The lowest BCUT2D eigenvalue weighted by atomic mass is 9.86. The van der Waals surface area contributed by atoms with Gasteiger partial charge >= 0.3 is 0 Å². The molecule has 0 unspecified atom stereocenters. The van der Waals surface area contributed by atoms with E-state index in [4.69, 9.17) is 4.84 Å². The van der Waals surface area contributed by atoms with E-state index in [1.807, 2.05) is 12.1 Å². The van der Waals surface area contributed by atoms with Crippen LogP contribution in [0.1, 0.15) is 26.3 Å². The summed E-state index contributed by atoms with van der Waals surface area (Å²) >= 11 is 0. The van der Waals surface area contributed by atoms with Crippen LogP contribution >= 0.6 is 0 Å². The van der Waals surface area contributed by atoms with Crippen LogP contribution in [-0.2, 0) is 4.84 Å². The van der Waals surface area contributed by atoms with Gasteiger partial charge in [0, 0.05) is 23.4 Å². The Balaban J connectivity index is 3.09. The highest BCUT2D eigenvalue weighted by atomic mass is 16.6. The van der Waals surface area contributed by atoms with Crippen LogP contribution in [0.25, 0.3) is 0 Å². The molecule has 0 saturated carbocycles. The van der Waals surface area contributed by atoms with Gasteiger partial charge in [-0.15, -0.1) is 0 Å². The molecule has 0 spiro atoms. The predicted molar refractivity (Wildman–Crippen MR) is 57.2 cm³/mol. The third-order valence-electron chi connectivity index (χ3n) is 1.85. The van der Waals surface area contributed by atoms with E-state index in [-0.39, 0.29) is 5.41 Å². The van der Waals surface area contributed by atoms with Crippen LogP contribution in [0.2, 0.25) is 0 Å². The van der Waals surface area contributed by atoms with E-state index < -0.39 is 0 Å². The van der Waals surface area contributed by atoms with Gasteiger partial charge in [0.1, 0.15) is 7.11 Å². The maximum atomic E-state index is 4.85. The van der Waals surface area contributed by atoms with E-state index in [1.54, 1.807) is 19.5 Å². The molecule has 0 saturated heterocycles. The fourth-order valence-electron chi connectivity index (χ4n) is 1.22. The normalized spacial score (nSPS) is 12.7. The maximum absolute atomic E-state index is 4.85. The van der Waals surface area contributed by atoms with Gasteiger partial charge in [-0.1, -0.05) is 25.9 Å². The maximum Gasteiger partial charge on any atom is 0.106 e. The zero-order valence-corrected chi connectivity index (χ0v) is 9.11. The molecule has 0 fully saturated rings. The van der Waals surface area contributed by atoms with E-state index >= 15 is 0 Å². The van der Waals surface area contributed by atoms with Crippen molar-refractivity contribution in [2.75, 3.05) is 7.11 Å². The average Bonchev–Trinajstić information content (AvgIpc) is 2.14. The summed E-state index contributed by atoms with van der Waals surface area (Å²) in [5.41, 5.74) is 1.95. The Labute approximate surface area is 84.8 Å². The minimum Gasteiger partial charge on any atom is -0.399 e. The molecule has 14 heavy (non-hydrogen) atoms. The number of oxime groups is 1. The summed E-state index contributed by atoms with van der Waals surface area (Å²) < 4.78 is 0. The van der Waals surface area contributed by atoms with Crippen LogP contribution in [0, 0.1) is 5.41 Å². The predicted octanol–water partition coefficient (Wildman–Crippen LogP) is 2.48. The number of nitrogens with zero attached hydrogens (tertiary/aromatic N) is 2. The van der Waals surface area contributed by atoms with Gasteiger partial charge < -0.3 is 4.84 Å². The van der Waals surface area contributed by atoms with E-state index in [0.717, 1.165) is 11.3 Å². The van der Waals surface area contributed by atoms with Gasteiger partial charge in [0.25, 0.3) is 0 Å². The number of hydrogen-bond acceptors (Lipinski definition) is 3. The highest BCUT2D eigenvalue weighted by molar-refractivity contribution is 6.03. The third kappa shape index (κ3) is 2.55. The molecule has 0 aliphatic carbocycles. The average molecular weight is 192 g/mol. The SMILES string of the molecule is CO/N=C(\c1ccncc1)C(C)(C)C. The topological polar surface area (TPSA) is 34.5 Å². The van der Waals surface area contributed by atoms with Crippen LogP contribution in [0.15, 0.2) is 29.7 Å². The van der Waals surface area contributed by atoms with Crippen molar-refractivity contribution in [1.82, 2.24) is 4.98 Å². The molecular formula is C11H16N2O.